The van der Waals surface area contributed by atoms with Gasteiger partial charge in [0.1, 0.15) is 0 Å². The summed E-state index contributed by atoms with van der Waals surface area (Å²) >= 11 is 5.54. The number of halogens is 1. The molecule has 1 aromatic carbocycles. The number of rotatable bonds is 3. The van der Waals surface area contributed by atoms with Gasteiger partial charge in [-0.1, -0.05) is 24.8 Å². The van der Waals surface area contributed by atoms with E-state index >= 15 is 0 Å². The van der Waals surface area contributed by atoms with E-state index in [1.807, 2.05) is 30.3 Å². The van der Waals surface area contributed by atoms with Gasteiger partial charge >= 0.3 is 0 Å². The van der Waals surface area contributed by atoms with Gasteiger partial charge in [0, 0.05) is 5.56 Å². The van der Waals surface area contributed by atoms with Gasteiger partial charge in [0.2, 0.25) is 5.90 Å². The van der Waals surface area contributed by atoms with Crippen molar-refractivity contribution in [3.05, 3.63) is 48.2 Å². The van der Waals surface area contributed by atoms with Gasteiger partial charge < -0.3 is 4.84 Å². The van der Waals surface area contributed by atoms with E-state index in [0.717, 1.165) is 5.56 Å². The highest BCUT2D eigenvalue weighted by Gasteiger charge is 2.03. The summed E-state index contributed by atoms with van der Waals surface area (Å²) in [6.07, 6.45) is 0. The molecule has 0 aliphatic heterocycles. The topological polar surface area (TPSA) is 47.6 Å². The molecular formula is C10H11ClN2O. The molecule has 1 rings (SSSR count). The van der Waals surface area contributed by atoms with Crippen molar-refractivity contribution in [2.24, 2.45) is 10.9 Å². The summed E-state index contributed by atoms with van der Waals surface area (Å²) < 4.78 is 0. The molecule has 0 heterocycles. The summed E-state index contributed by atoms with van der Waals surface area (Å²) in [4.78, 5) is 8.67. The van der Waals surface area contributed by atoms with Gasteiger partial charge in [-0.15, -0.1) is 11.6 Å². The third-order valence-electron chi connectivity index (χ3n) is 1.55. The van der Waals surface area contributed by atoms with Crippen LogP contribution in [0.1, 0.15) is 5.56 Å². The van der Waals surface area contributed by atoms with E-state index in [4.69, 9.17) is 17.5 Å². The molecule has 0 aliphatic rings. The lowest BCUT2D eigenvalue weighted by molar-refractivity contribution is 0.322. The fourth-order valence-electron chi connectivity index (χ4n) is 0.913. The lowest BCUT2D eigenvalue weighted by Crippen LogP contribution is -2.12. The molecule has 0 aliphatic carbocycles. The zero-order chi connectivity index (χ0) is 10.4. The van der Waals surface area contributed by atoms with E-state index in [1.165, 1.54) is 0 Å². The highest BCUT2D eigenvalue weighted by molar-refractivity contribution is 6.19. The number of allylic oxidation sites excluding steroid dienone is 1. The van der Waals surface area contributed by atoms with E-state index in [-0.39, 0.29) is 5.88 Å². The van der Waals surface area contributed by atoms with Crippen LogP contribution in [-0.2, 0) is 4.84 Å². The smallest absolute Gasteiger partial charge is 0.244 e. The molecular weight excluding hydrogens is 200 g/mol. The van der Waals surface area contributed by atoms with Gasteiger partial charge in [0.25, 0.3) is 0 Å². The molecule has 0 atom stereocenters. The van der Waals surface area contributed by atoms with Crippen LogP contribution < -0.4 is 5.90 Å². The fraction of sp³-hybridized carbons (Fsp3) is 0.100. The summed E-state index contributed by atoms with van der Waals surface area (Å²) in [5.41, 5.74) is 1.30. The minimum Gasteiger partial charge on any atom is -0.391 e. The zero-order valence-electron chi connectivity index (χ0n) is 7.61. The minimum atomic E-state index is 0.250. The summed E-state index contributed by atoms with van der Waals surface area (Å²) in [5.74, 6) is 5.66. The number of benzene rings is 1. The number of nitrogens with zero attached hydrogens (tertiary/aromatic N) is 1. The summed E-state index contributed by atoms with van der Waals surface area (Å²) in [6, 6.07) is 9.31. The number of aliphatic imine (C=N–C) groups is 1. The predicted molar refractivity (Wildman–Crippen MR) is 58.1 cm³/mol. The number of hydrogen-bond donors (Lipinski definition) is 1. The van der Waals surface area contributed by atoms with Gasteiger partial charge in [0.05, 0.1) is 11.6 Å². The van der Waals surface area contributed by atoms with Crippen LogP contribution in [0.4, 0.5) is 0 Å². The molecule has 3 nitrogen and oxygen atoms in total. The van der Waals surface area contributed by atoms with E-state index in [0.29, 0.717) is 11.6 Å². The Kier molecular flexibility index (Phi) is 4.16. The molecule has 0 fully saturated rings. The van der Waals surface area contributed by atoms with Crippen LogP contribution in [0.3, 0.4) is 0 Å². The molecule has 74 valence electrons. The van der Waals surface area contributed by atoms with Crippen molar-refractivity contribution in [1.82, 2.24) is 0 Å². The van der Waals surface area contributed by atoms with Crippen LogP contribution in [0.5, 0.6) is 0 Å². The average Bonchev–Trinajstić information content (AvgIpc) is 2.26. The van der Waals surface area contributed by atoms with Crippen LogP contribution in [0.15, 0.2) is 47.6 Å². The summed E-state index contributed by atoms with van der Waals surface area (Å²) in [6.45, 7) is 3.63. The first kappa shape index (κ1) is 10.8. The summed E-state index contributed by atoms with van der Waals surface area (Å²) in [5, 5.41) is 0. The second kappa shape index (κ2) is 5.42. The van der Waals surface area contributed by atoms with Crippen LogP contribution in [0, 0.1) is 0 Å². The molecule has 0 unspecified atom stereocenters. The van der Waals surface area contributed by atoms with Crippen LogP contribution in [0.25, 0.3) is 0 Å². The maximum Gasteiger partial charge on any atom is 0.244 e. The summed E-state index contributed by atoms with van der Waals surface area (Å²) in [7, 11) is 0. The lowest BCUT2D eigenvalue weighted by atomic mass is 10.2. The third-order valence-corrected chi connectivity index (χ3v) is 1.85. The lowest BCUT2D eigenvalue weighted by Gasteiger charge is -2.03. The molecule has 2 N–H and O–H groups in total. The quantitative estimate of drug-likeness (QED) is 0.359. The van der Waals surface area contributed by atoms with Crippen molar-refractivity contribution in [3.8, 4) is 0 Å². The Balaban J connectivity index is 2.93. The van der Waals surface area contributed by atoms with Crippen molar-refractivity contribution in [3.63, 3.8) is 0 Å². The maximum absolute atomic E-state index is 5.54. The zero-order valence-corrected chi connectivity index (χ0v) is 8.37. The van der Waals surface area contributed by atoms with Crippen molar-refractivity contribution in [2.75, 3.05) is 5.88 Å². The van der Waals surface area contributed by atoms with Crippen molar-refractivity contribution < 1.29 is 4.84 Å². The number of nitrogens with two attached hydrogens (primary N) is 1. The van der Waals surface area contributed by atoms with Gasteiger partial charge in [-0.2, -0.15) is 5.90 Å². The maximum atomic E-state index is 5.54. The fourth-order valence-corrected chi connectivity index (χ4v) is 0.973. The SMILES string of the molecule is C=C(CCl)/N=C(\ON)c1ccccc1. The Morgan fingerprint density at radius 2 is 2.07 bits per heavy atom. The monoisotopic (exact) mass is 210 g/mol. The van der Waals surface area contributed by atoms with Gasteiger partial charge in [-0.05, 0) is 12.1 Å². The largest absolute Gasteiger partial charge is 0.391 e. The molecule has 1 aromatic rings. The predicted octanol–water partition coefficient (Wildman–Crippen LogP) is 2.08. The number of alkyl halides is 1. The Morgan fingerprint density at radius 3 is 2.57 bits per heavy atom. The van der Waals surface area contributed by atoms with E-state index in [9.17, 15) is 0 Å². The number of hydrogen-bond acceptors (Lipinski definition) is 3. The first-order valence-electron chi connectivity index (χ1n) is 4.02. The first-order valence-corrected chi connectivity index (χ1v) is 4.56. The van der Waals surface area contributed by atoms with Gasteiger partial charge in [0.15, 0.2) is 0 Å². The van der Waals surface area contributed by atoms with Crippen LogP contribution in [-0.4, -0.2) is 11.8 Å². The molecule has 0 amide bonds. The highest BCUT2D eigenvalue weighted by atomic mass is 35.5. The third kappa shape index (κ3) is 2.87. The van der Waals surface area contributed by atoms with E-state index in [1.54, 1.807) is 0 Å². The molecule has 0 aromatic heterocycles. The molecule has 0 radical (unpaired) electrons. The molecule has 0 saturated carbocycles. The molecule has 14 heavy (non-hydrogen) atoms. The first-order chi connectivity index (χ1) is 6.77. The minimum absolute atomic E-state index is 0.250. The molecule has 0 saturated heterocycles. The Bertz CT molecular complexity index is 335. The highest BCUT2D eigenvalue weighted by Crippen LogP contribution is 2.05. The van der Waals surface area contributed by atoms with Gasteiger partial charge in [-0.25, -0.2) is 4.99 Å². The Hall–Kier alpha value is -1.32. The molecule has 0 bridgehead atoms. The van der Waals surface area contributed by atoms with Crippen LogP contribution >= 0.6 is 11.6 Å². The molecule has 4 heteroatoms. The van der Waals surface area contributed by atoms with E-state index in [2.05, 4.69) is 16.4 Å². The standard InChI is InChI=1S/C10H11ClN2O/c1-8(7-11)13-10(14-12)9-5-3-2-4-6-9/h2-6H,1,7,12H2/b13-10-. The average molecular weight is 211 g/mol. The second-order valence-corrected chi connectivity index (χ2v) is 2.87. The second-order valence-electron chi connectivity index (χ2n) is 2.60. The van der Waals surface area contributed by atoms with E-state index < -0.39 is 0 Å². The normalized spacial score (nSPS) is 11.1. The van der Waals surface area contributed by atoms with Crippen molar-refractivity contribution in [1.29, 1.82) is 0 Å². The molecule has 0 spiro atoms. The van der Waals surface area contributed by atoms with Gasteiger partial charge in [-0.3, -0.25) is 0 Å². The Morgan fingerprint density at radius 1 is 1.43 bits per heavy atom. The Labute approximate surface area is 87.8 Å². The van der Waals surface area contributed by atoms with Crippen molar-refractivity contribution in [2.45, 2.75) is 0 Å². The van der Waals surface area contributed by atoms with Crippen molar-refractivity contribution >= 4 is 17.5 Å². The van der Waals surface area contributed by atoms with Crippen LogP contribution in [0.2, 0.25) is 0 Å².